The molecule has 6 nitrogen and oxygen atoms in total. The Balaban J connectivity index is 0.00000288. The van der Waals surface area contributed by atoms with E-state index in [1.54, 1.807) is 16.4 Å². The van der Waals surface area contributed by atoms with Crippen LogP contribution in [0.15, 0.2) is 16.3 Å². The average Bonchev–Trinajstić information content (AvgIpc) is 2.94. The fourth-order valence-corrected chi connectivity index (χ4v) is 5.40. The Labute approximate surface area is 154 Å². The van der Waals surface area contributed by atoms with Crippen molar-refractivity contribution in [2.24, 2.45) is 5.73 Å². The fraction of sp³-hybridized carbons (Fsp3) is 0.667. The van der Waals surface area contributed by atoms with Gasteiger partial charge in [-0.2, -0.15) is 4.31 Å². The minimum absolute atomic E-state index is 0. The monoisotopic (exact) mass is 395 g/mol. The number of piperidine rings is 1. The van der Waals surface area contributed by atoms with Gasteiger partial charge >= 0.3 is 0 Å². The van der Waals surface area contributed by atoms with Crippen molar-refractivity contribution < 1.29 is 13.2 Å². The number of hydrogen-bond donors (Lipinski definition) is 2. The van der Waals surface area contributed by atoms with Crippen molar-refractivity contribution in [2.45, 2.75) is 49.3 Å². The standard InChI is InChI=1S/C15H25N3O3S2.ClH/c1-15(2,16)11-17-13(19)10-12-6-7-14(22-12)23(20,21)18-8-4-3-5-9-18;/h6-7H,3-5,8-11,16H2,1-2H3,(H,17,19);1H. The number of carbonyl (C=O) groups excluding carboxylic acids is 1. The summed E-state index contributed by atoms with van der Waals surface area (Å²) in [5, 5.41) is 2.77. The Kier molecular flexibility index (Phi) is 7.68. The summed E-state index contributed by atoms with van der Waals surface area (Å²) in [6.45, 7) is 5.23. The molecule has 1 aliphatic heterocycles. The topological polar surface area (TPSA) is 92.5 Å². The molecule has 0 spiro atoms. The van der Waals surface area contributed by atoms with Crippen molar-refractivity contribution in [3.8, 4) is 0 Å². The summed E-state index contributed by atoms with van der Waals surface area (Å²) in [7, 11) is -3.41. The Bertz CT molecular complexity index is 647. The van der Waals surface area contributed by atoms with Gasteiger partial charge in [0.15, 0.2) is 0 Å². The van der Waals surface area contributed by atoms with Gasteiger partial charge in [0.05, 0.1) is 6.42 Å². The molecule has 0 unspecified atom stereocenters. The lowest BCUT2D eigenvalue weighted by atomic mass is 10.1. The number of sulfonamides is 1. The quantitative estimate of drug-likeness (QED) is 0.767. The van der Waals surface area contributed by atoms with Crippen LogP contribution in [0.5, 0.6) is 0 Å². The molecule has 24 heavy (non-hydrogen) atoms. The van der Waals surface area contributed by atoms with E-state index in [1.807, 2.05) is 13.8 Å². The third kappa shape index (κ3) is 6.00. The van der Waals surface area contributed by atoms with E-state index in [0.29, 0.717) is 23.8 Å². The van der Waals surface area contributed by atoms with Crippen molar-refractivity contribution in [3.05, 3.63) is 17.0 Å². The highest BCUT2D eigenvalue weighted by Gasteiger charge is 2.27. The van der Waals surface area contributed by atoms with Crippen LogP contribution in [0.25, 0.3) is 0 Å². The molecule has 0 atom stereocenters. The first-order chi connectivity index (χ1) is 10.7. The number of rotatable bonds is 6. The molecule has 2 heterocycles. The lowest BCUT2D eigenvalue weighted by molar-refractivity contribution is -0.120. The molecule has 0 radical (unpaired) electrons. The summed E-state index contributed by atoms with van der Waals surface area (Å²) in [6, 6.07) is 3.32. The van der Waals surface area contributed by atoms with Crippen LogP contribution in [0.4, 0.5) is 0 Å². The number of nitrogens with one attached hydrogen (secondary N) is 1. The predicted octanol–water partition coefficient (Wildman–Crippen LogP) is 1.74. The van der Waals surface area contributed by atoms with E-state index in [1.165, 1.54) is 11.3 Å². The zero-order valence-electron chi connectivity index (χ0n) is 14.1. The third-order valence-corrected chi connectivity index (χ3v) is 7.07. The molecule has 1 aliphatic rings. The van der Waals surface area contributed by atoms with E-state index in [0.717, 1.165) is 24.1 Å². The van der Waals surface area contributed by atoms with Crippen molar-refractivity contribution in [1.29, 1.82) is 0 Å². The minimum Gasteiger partial charge on any atom is -0.354 e. The largest absolute Gasteiger partial charge is 0.354 e. The molecule has 2 rings (SSSR count). The molecule has 0 saturated carbocycles. The number of nitrogens with zero attached hydrogens (tertiary/aromatic N) is 1. The predicted molar refractivity (Wildman–Crippen MR) is 99.2 cm³/mol. The lowest BCUT2D eigenvalue weighted by Gasteiger charge is -2.25. The van der Waals surface area contributed by atoms with Crippen LogP contribution in [0.1, 0.15) is 38.0 Å². The number of nitrogens with two attached hydrogens (primary N) is 1. The number of hydrogen-bond acceptors (Lipinski definition) is 5. The van der Waals surface area contributed by atoms with E-state index in [4.69, 9.17) is 5.73 Å². The third-order valence-electron chi connectivity index (χ3n) is 3.62. The highest BCUT2D eigenvalue weighted by atomic mass is 35.5. The number of carbonyl (C=O) groups is 1. The second kappa shape index (κ2) is 8.62. The van der Waals surface area contributed by atoms with Crippen LogP contribution in [0.2, 0.25) is 0 Å². The number of halogens is 1. The normalized spacial score (nSPS) is 16.5. The maximum Gasteiger partial charge on any atom is 0.252 e. The zero-order chi connectivity index (χ0) is 17.1. The van der Waals surface area contributed by atoms with Gasteiger partial charge in [-0.15, -0.1) is 23.7 Å². The number of amides is 1. The summed E-state index contributed by atoms with van der Waals surface area (Å²) in [5.74, 6) is -0.146. The molecule has 3 N–H and O–H groups in total. The molecule has 1 aromatic rings. The second-order valence-electron chi connectivity index (χ2n) is 6.63. The zero-order valence-corrected chi connectivity index (χ0v) is 16.5. The molecule has 1 saturated heterocycles. The Morgan fingerprint density at radius 3 is 2.50 bits per heavy atom. The Morgan fingerprint density at radius 2 is 1.92 bits per heavy atom. The molecule has 9 heteroatoms. The molecule has 138 valence electrons. The number of thiophene rings is 1. The van der Waals surface area contributed by atoms with Gasteiger partial charge in [0, 0.05) is 30.1 Å². The lowest BCUT2D eigenvalue weighted by Crippen LogP contribution is -2.45. The first kappa shape index (κ1) is 21.4. The molecule has 0 bridgehead atoms. The molecular formula is C15H26ClN3O3S2. The maximum atomic E-state index is 12.6. The Morgan fingerprint density at radius 1 is 1.29 bits per heavy atom. The van der Waals surface area contributed by atoms with Crippen LogP contribution in [0.3, 0.4) is 0 Å². The highest BCUT2D eigenvalue weighted by molar-refractivity contribution is 7.91. The van der Waals surface area contributed by atoms with Gasteiger partial charge in [-0.1, -0.05) is 6.42 Å². The summed E-state index contributed by atoms with van der Waals surface area (Å²) >= 11 is 1.17. The summed E-state index contributed by atoms with van der Waals surface area (Å²) in [5.41, 5.74) is 5.36. The molecule has 1 amide bonds. The van der Waals surface area contributed by atoms with Crippen LogP contribution in [-0.2, 0) is 21.2 Å². The highest BCUT2D eigenvalue weighted by Crippen LogP contribution is 2.27. The van der Waals surface area contributed by atoms with Crippen molar-refractivity contribution in [1.82, 2.24) is 9.62 Å². The van der Waals surface area contributed by atoms with Gasteiger partial charge in [-0.05, 0) is 38.8 Å². The van der Waals surface area contributed by atoms with Gasteiger partial charge in [0.25, 0.3) is 10.0 Å². The SMILES string of the molecule is CC(C)(N)CNC(=O)Cc1ccc(S(=O)(=O)N2CCCCC2)s1.Cl. The molecule has 1 fully saturated rings. The average molecular weight is 396 g/mol. The van der Waals surface area contributed by atoms with Gasteiger partial charge in [-0.25, -0.2) is 8.42 Å². The first-order valence-corrected chi connectivity index (χ1v) is 10.1. The molecule has 1 aromatic heterocycles. The summed E-state index contributed by atoms with van der Waals surface area (Å²) in [4.78, 5) is 12.6. The molecular weight excluding hydrogens is 370 g/mol. The van der Waals surface area contributed by atoms with E-state index in [-0.39, 0.29) is 24.7 Å². The van der Waals surface area contributed by atoms with Gasteiger partial charge < -0.3 is 11.1 Å². The van der Waals surface area contributed by atoms with Crippen LogP contribution in [0, 0.1) is 0 Å². The van der Waals surface area contributed by atoms with E-state index >= 15 is 0 Å². The van der Waals surface area contributed by atoms with Crippen LogP contribution >= 0.6 is 23.7 Å². The molecule has 0 aromatic carbocycles. The van der Waals surface area contributed by atoms with Crippen LogP contribution in [-0.4, -0.2) is 43.8 Å². The molecule has 0 aliphatic carbocycles. The van der Waals surface area contributed by atoms with Gasteiger partial charge in [-0.3, -0.25) is 4.79 Å². The van der Waals surface area contributed by atoms with Crippen molar-refractivity contribution >= 4 is 39.7 Å². The van der Waals surface area contributed by atoms with Crippen molar-refractivity contribution in [3.63, 3.8) is 0 Å². The van der Waals surface area contributed by atoms with Gasteiger partial charge in [0.2, 0.25) is 5.91 Å². The second-order valence-corrected chi connectivity index (χ2v) is 9.96. The van der Waals surface area contributed by atoms with Crippen LogP contribution < -0.4 is 11.1 Å². The van der Waals surface area contributed by atoms with E-state index in [9.17, 15) is 13.2 Å². The minimum atomic E-state index is -3.41. The summed E-state index contributed by atoms with van der Waals surface area (Å²) < 4.78 is 27.0. The first-order valence-electron chi connectivity index (χ1n) is 7.83. The fourth-order valence-electron chi connectivity index (χ4n) is 2.37. The summed E-state index contributed by atoms with van der Waals surface area (Å²) in [6.07, 6.45) is 3.08. The van der Waals surface area contributed by atoms with Gasteiger partial charge in [0.1, 0.15) is 4.21 Å². The maximum absolute atomic E-state index is 12.6. The Hall–Kier alpha value is -0.670. The smallest absolute Gasteiger partial charge is 0.252 e. The van der Waals surface area contributed by atoms with E-state index < -0.39 is 15.6 Å². The van der Waals surface area contributed by atoms with Crippen molar-refractivity contribution in [2.75, 3.05) is 19.6 Å². The van der Waals surface area contributed by atoms with E-state index in [2.05, 4.69) is 5.32 Å².